The van der Waals surface area contributed by atoms with Crippen molar-refractivity contribution in [1.29, 1.82) is 0 Å². The predicted molar refractivity (Wildman–Crippen MR) is 58.7 cm³/mol. The molecule has 1 unspecified atom stereocenters. The van der Waals surface area contributed by atoms with Crippen molar-refractivity contribution in [1.82, 2.24) is 0 Å². The molecule has 0 amide bonds. The van der Waals surface area contributed by atoms with Gasteiger partial charge in [-0.05, 0) is 12.1 Å². The van der Waals surface area contributed by atoms with Crippen molar-refractivity contribution in [3.63, 3.8) is 0 Å². The first kappa shape index (κ1) is 12.7. The fraction of sp³-hybridized carbons (Fsp3) is 0.300. The molecular weight excluding hydrogens is 230 g/mol. The van der Waals surface area contributed by atoms with Gasteiger partial charge < -0.3 is 10.8 Å². The van der Waals surface area contributed by atoms with Gasteiger partial charge in [0.1, 0.15) is 0 Å². The lowest BCUT2D eigenvalue weighted by Crippen LogP contribution is -2.31. The highest BCUT2D eigenvalue weighted by molar-refractivity contribution is 7.91. The van der Waals surface area contributed by atoms with Gasteiger partial charge in [0, 0.05) is 6.04 Å². The quantitative estimate of drug-likeness (QED) is 0.773. The van der Waals surface area contributed by atoms with Crippen molar-refractivity contribution >= 4 is 15.8 Å². The van der Waals surface area contributed by atoms with Crippen molar-refractivity contribution in [3.8, 4) is 0 Å². The molecule has 1 aromatic rings. The molecule has 0 bridgehead atoms. The molecule has 1 rings (SSSR count). The van der Waals surface area contributed by atoms with Crippen molar-refractivity contribution in [2.75, 3.05) is 5.75 Å². The molecule has 0 aliphatic heterocycles. The predicted octanol–water partition coefficient (Wildman–Crippen LogP) is 0.262. The second-order valence-corrected chi connectivity index (χ2v) is 5.49. The molecule has 0 aliphatic carbocycles. The second kappa shape index (κ2) is 5.09. The molecule has 0 spiro atoms. The minimum absolute atomic E-state index is 0.163. The Bertz CT molecular complexity index is 455. The third-order valence-corrected chi connectivity index (χ3v) is 3.83. The van der Waals surface area contributed by atoms with Crippen molar-refractivity contribution in [3.05, 3.63) is 30.3 Å². The van der Waals surface area contributed by atoms with E-state index in [2.05, 4.69) is 0 Å². The Hall–Kier alpha value is -1.40. The van der Waals surface area contributed by atoms with E-state index in [9.17, 15) is 13.2 Å². The molecule has 1 aromatic carbocycles. The largest absolute Gasteiger partial charge is 0.481 e. The van der Waals surface area contributed by atoms with Gasteiger partial charge in [0.15, 0.2) is 9.84 Å². The Labute approximate surface area is 93.8 Å². The lowest BCUT2D eigenvalue weighted by atomic mass is 10.2. The molecule has 88 valence electrons. The Morgan fingerprint density at radius 3 is 2.38 bits per heavy atom. The van der Waals surface area contributed by atoms with Crippen LogP contribution in [0.15, 0.2) is 35.2 Å². The van der Waals surface area contributed by atoms with Crippen molar-refractivity contribution in [2.24, 2.45) is 5.73 Å². The maximum Gasteiger partial charge on any atom is 0.304 e. The van der Waals surface area contributed by atoms with Crippen molar-refractivity contribution in [2.45, 2.75) is 17.4 Å². The fourth-order valence-corrected chi connectivity index (χ4v) is 2.73. The van der Waals surface area contributed by atoms with Gasteiger partial charge in [-0.3, -0.25) is 4.79 Å². The van der Waals surface area contributed by atoms with Crippen molar-refractivity contribution < 1.29 is 18.3 Å². The Morgan fingerprint density at radius 2 is 1.88 bits per heavy atom. The molecule has 0 saturated carbocycles. The number of carboxylic acid groups (broad SMARTS) is 1. The molecule has 5 nitrogen and oxygen atoms in total. The first-order chi connectivity index (χ1) is 7.42. The Kier molecular flexibility index (Phi) is 4.03. The maximum absolute atomic E-state index is 11.8. The highest BCUT2D eigenvalue weighted by atomic mass is 32.2. The van der Waals surface area contributed by atoms with Gasteiger partial charge in [0.05, 0.1) is 17.1 Å². The third-order valence-electron chi connectivity index (χ3n) is 1.97. The highest BCUT2D eigenvalue weighted by Crippen LogP contribution is 2.11. The number of aliphatic carboxylic acids is 1. The lowest BCUT2D eigenvalue weighted by Gasteiger charge is -2.09. The summed E-state index contributed by atoms with van der Waals surface area (Å²) in [4.78, 5) is 10.5. The van der Waals surface area contributed by atoms with Crippen LogP contribution < -0.4 is 5.73 Å². The molecule has 0 aliphatic rings. The smallest absolute Gasteiger partial charge is 0.304 e. The molecule has 6 heteroatoms. The summed E-state index contributed by atoms with van der Waals surface area (Å²) in [6.45, 7) is 0. The normalized spacial score (nSPS) is 13.3. The number of rotatable bonds is 5. The van der Waals surface area contributed by atoms with Gasteiger partial charge in [0.25, 0.3) is 0 Å². The molecule has 1 atom stereocenters. The van der Waals surface area contributed by atoms with E-state index >= 15 is 0 Å². The average molecular weight is 243 g/mol. The Morgan fingerprint density at radius 1 is 1.31 bits per heavy atom. The van der Waals surface area contributed by atoms with E-state index in [1.165, 1.54) is 12.1 Å². The van der Waals surface area contributed by atoms with Crippen LogP contribution in [0.4, 0.5) is 0 Å². The third kappa shape index (κ3) is 3.63. The summed E-state index contributed by atoms with van der Waals surface area (Å²) in [6, 6.07) is 6.95. The average Bonchev–Trinajstić information content (AvgIpc) is 2.16. The van der Waals surface area contributed by atoms with Crippen LogP contribution in [0.1, 0.15) is 6.42 Å². The van der Waals surface area contributed by atoms with Crippen LogP contribution in [-0.4, -0.2) is 31.3 Å². The first-order valence-electron chi connectivity index (χ1n) is 4.67. The van der Waals surface area contributed by atoms with E-state index in [0.717, 1.165) is 0 Å². The minimum Gasteiger partial charge on any atom is -0.481 e. The maximum atomic E-state index is 11.8. The van der Waals surface area contributed by atoms with Crippen LogP contribution in [0.3, 0.4) is 0 Å². The lowest BCUT2D eigenvalue weighted by molar-refractivity contribution is -0.137. The summed E-state index contributed by atoms with van der Waals surface area (Å²) >= 11 is 0. The number of carboxylic acids is 1. The molecule has 3 N–H and O–H groups in total. The summed E-state index contributed by atoms with van der Waals surface area (Å²) in [5.41, 5.74) is 5.44. The Balaban J connectivity index is 2.77. The SMILES string of the molecule is NC(CC(=O)O)CS(=O)(=O)c1ccccc1. The number of benzene rings is 1. The molecule has 0 aromatic heterocycles. The van der Waals surface area contributed by atoms with Crippen LogP contribution in [-0.2, 0) is 14.6 Å². The van der Waals surface area contributed by atoms with Gasteiger partial charge in [-0.15, -0.1) is 0 Å². The molecule has 0 saturated heterocycles. The van der Waals surface area contributed by atoms with Crippen LogP contribution in [0.2, 0.25) is 0 Å². The molecule has 0 fully saturated rings. The van der Waals surface area contributed by atoms with E-state index < -0.39 is 21.8 Å². The minimum atomic E-state index is -3.49. The standard InChI is InChI=1S/C10H13NO4S/c11-8(6-10(12)13)7-16(14,15)9-4-2-1-3-5-9/h1-5,8H,6-7,11H2,(H,12,13). The second-order valence-electron chi connectivity index (χ2n) is 3.45. The fourth-order valence-electron chi connectivity index (χ4n) is 1.29. The van der Waals surface area contributed by atoms with E-state index in [0.29, 0.717) is 0 Å². The van der Waals surface area contributed by atoms with E-state index in [4.69, 9.17) is 10.8 Å². The highest BCUT2D eigenvalue weighted by Gasteiger charge is 2.20. The first-order valence-corrected chi connectivity index (χ1v) is 6.32. The zero-order chi connectivity index (χ0) is 12.2. The summed E-state index contributed by atoms with van der Waals surface area (Å²) in [7, 11) is -3.49. The van der Waals surface area contributed by atoms with Crippen LogP contribution in [0.5, 0.6) is 0 Å². The van der Waals surface area contributed by atoms with E-state index in [1.807, 2.05) is 0 Å². The van der Waals surface area contributed by atoms with Crippen LogP contribution in [0.25, 0.3) is 0 Å². The zero-order valence-electron chi connectivity index (χ0n) is 8.54. The number of sulfone groups is 1. The van der Waals surface area contributed by atoms with E-state index in [1.54, 1.807) is 18.2 Å². The van der Waals surface area contributed by atoms with Crippen LogP contribution >= 0.6 is 0 Å². The van der Waals surface area contributed by atoms with Gasteiger partial charge in [-0.1, -0.05) is 18.2 Å². The number of nitrogens with two attached hydrogens (primary N) is 1. The number of carbonyl (C=O) groups is 1. The summed E-state index contributed by atoms with van der Waals surface area (Å²) < 4.78 is 23.5. The van der Waals surface area contributed by atoms with Gasteiger partial charge in [-0.25, -0.2) is 8.42 Å². The van der Waals surface area contributed by atoms with Gasteiger partial charge >= 0.3 is 5.97 Å². The number of hydrogen-bond acceptors (Lipinski definition) is 4. The zero-order valence-corrected chi connectivity index (χ0v) is 9.35. The summed E-state index contributed by atoms with van der Waals surface area (Å²) in [6.07, 6.45) is -0.355. The summed E-state index contributed by atoms with van der Waals surface area (Å²) in [5, 5.41) is 8.48. The van der Waals surface area contributed by atoms with Gasteiger partial charge in [-0.2, -0.15) is 0 Å². The molecule has 0 heterocycles. The number of hydrogen-bond donors (Lipinski definition) is 2. The topological polar surface area (TPSA) is 97.5 Å². The molecular formula is C10H13NO4S. The van der Waals surface area contributed by atoms with Crippen LogP contribution in [0, 0.1) is 0 Å². The van der Waals surface area contributed by atoms with E-state index in [-0.39, 0.29) is 17.1 Å². The summed E-state index contributed by atoms with van der Waals surface area (Å²) in [5.74, 6) is -1.46. The van der Waals surface area contributed by atoms with Gasteiger partial charge in [0.2, 0.25) is 0 Å². The monoisotopic (exact) mass is 243 g/mol. The molecule has 0 radical (unpaired) electrons. The molecule has 16 heavy (non-hydrogen) atoms.